The number of hydrogen-bond donors (Lipinski definition) is 1. The van der Waals surface area contributed by atoms with Crippen LogP contribution >= 0.6 is 0 Å². The van der Waals surface area contributed by atoms with Crippen LogP contribution < -0.4 is 5.32 Å². The molecular formula is C25H41NO3. The molecule has 5 saturated carbocycles. The van der Waals surface area contributed by atoms with Gasteiger partial charge in [-0.25, -0.2) is 0 Å². The zero-order chi connectivity index (χ0) is 20.8. The maximum absolute atomic E-state index is 12.5. The van der Waals surface area contributed by atoms with E-state index in [1.807, 2.05) is 0 Å². The van der Waals surface area contributed by atoms with E-state index >= 15 is 0 Å². The summed E-state index contributed by atoms with van der Waals surface area (Å²) in [5.41, 5.74) is 0.599. The van der Waals surface area contributed by atoms with Gasteiger partial charge in [0.15, 0.2) is 6.61 Å². The minimum absolute atomic E-state index is 0.0259. The number of hydrogen-bond acceptors (Lipinski definition) is 3. The molecule has 5 aliphatic carbocycles. The summed E-state index contributed by atoms with van der Waals surface area (Å²) in [4.78, 5) is 25.0. The van der Waals surface area contributed by atoms with E-state index in [2.05, 4.69) is 33.0 Å². The smallest absolute Gasteiger partial charge is 0.309 e. The van der Waals surface area contributed by atoms with Gasteiger partial charge in [0.25, 0.3) is 5.91 Å². The Morgan fingerprint density at radius 1 is 0.966 bits per heavy atom. The standard InChI is InChI=1S/C25H41NO3/c1-16(25-12-17-9-18(13-25)11-19(10-17)14-25)26-22(27)15-29-23(28)20-5-7-21(8-6-20)24(2,3)4/h16-21H,5-15H2,1-4H3,(H,26,27)/t16-,17?,18?,19?,20?,21?,25?/m0/s1. The molecule has 0 saturated heterocycles. The normalized spacial score (nSPS) is 39.8. The lowest BCUT2D eigenvalue weighted by Crippen LogP contribution is -2.56. The summed E-state index contributed by atoms with van der Waals surface area (Å²) >= 11 is 0. The average molecular weight is 404 g/mol. The summed E-state index contributed by atoms with van der Waals surface area (Å²) in [6.07, 6.45) is 12.0. The van der Waals surface area contributed by atoms with E-state index in [0.29, 0.717) is 16.7 Å². The Morgan fingerprint density at radius 3 is 1.97 bits per heavy atom. The Hall–Kier alpha value is -1.06. The van der Waals surface area contributed by atoms with Gasteiger partial charge in [0.05, 0.1) is 5.92 Å². The second kappa shape index (κ2) is 7.89. The molecule has 4 heteroatoms. The number of carbonyl (C=O) groups excluding carboxylic acids is 2. The minimum atomic E-state index is -0.171. The Kier molecular flexibility index (Phi) is 5.76. The zero-order valence-electron chi connectivity index (χ0n) is 19.0. The third kappa shape index (κ3) is 4.51. The summed E-state index contributed by atoms with van der Waals surface area (Å²) in [5, 5.41) is 3.21. The average Bonchev–Trinajstić information content (AvgIpc) is 2.64. The number of esters is 1. The number of amides is 1. The molecule has 0 aromatic carbocycles. The number of rotatable bonds is 5. The van der Waals surface area contributed by atoms with Gasteiger partial charge in [0.2, 0.25) is 0 Å². The van der Waals surface area contributed by atoms with Gasteiger partial charge in [-0.1, -0.05) is 20.8 Å². The first-order chi connectivity index (χ1) is 13.6. The summed E-state index contributed by atoms with van der Waals surface area (Å²) in [6, 6.07) is 0.185. The monoisotopic (exact) mass is 403 g/mol. The second-order valence-corrected chi connectivity index (χ2v) is 12.1. The van der Waals surface area contributed by atoms with Crippen molar-refractivity contribution in [1.29, 1.82) is 0 Å². The van der Waals surface area contributed by atoms with Crippen LogP contribution in [0.4, 0.5) is 0 Å². The largest absolute Gasteiger partial charge is 0.455 e. The fraction of sp³-hybridized carbons (Fsp3) is 0.920. The predicted molar refractivity (Wildman–Crippen MR) is 114 cm³/mol. The molecule has 164 valence electrons. The fourth-order valence-electron chi connectivity index (χ4n) is 7.59. The molecule has 5 rings (SSSR count). The third-order valence-corrected chi connectivity index (χ3v) is 9.01. The van der Waals surface area contributed by atoms with Crippen molar-refractivity contribution in [1.82, 2.24) is 5.32 Å². The maximum atomic E-state index is 12.5. The van der Waals surface area contributed by atoms with Crippen molar-refractivity contribution in [2.24, 2.45) is 40.4 Å². The van der Waals surface area contributed by atoms with Crippen LogP contribution in [-0.4, -0.2) is 24.5 Å². The van der Waals surface area contributed by atoms with E-state index in [4.69, 9.17) is 4.74 Å². The summed E-state index contributed by atoms with van der Waals surface area (Å²) < 4.78 is 5.43. The first-order valence-corrected chi connectivity index (χ1v) is 12.1. The van der Waals surface area contributed by atoms with Crippen molar-refractivity contribution < 1.29 is 14.3 Å². The Bertz CT molecular complexity index is 591. The highest BCUT2D eigenvalue weighted by molar-refractivity contribution is 5.81. The van der Waals surface area contributed by atoms with Gasteiger partial charge in [-0.3, -0.25) is 9.59 Å². The first-order valence-electron chi connectivity index (χ1n) is 12.1. The maximum Gasteiger partial charge on any atom is 0.309 e. The van der Waals surface area contributed by atoms with Crippen LogP contribution in [0.25, 0.3) is 0 Å². The lowest BCUT2D eigenvalue weighted by molar-refractivity contribution is -0.154. The van der Waals surface area contributed by atoms with Crippen LogP contribution in [0.2, 0.25) is 0 Å². The molecule has 0 heterocycles. The van der Waals surface area contributed by atoms with Crippen LogP contribution in [0.15, 0.2) is 0 Å². The molecule has 5 fully saturated rings. The van der Waals surface area contributed by atoms with Crippen LogP contribution in [0.5, 0.6) is 0 Å². The first kappa shape index (κ1) is 21.2. The molecule has 1 atom stereocenters. The molecule has 5 aliphatic rings. The topological polar surface area (TPSA) is 55.4 Å². The van der Waals surface area contributed by atoms with Gasteiger partial charge >= 0.3 is 5.97 Å². The minimum Gasteiger partial charge on any atom is -0.455 e. The number of ether oxygens (including phenoxy) is 1. The van der Waals surface area contributed by atoms with Gasteiger partial charge in [-0.05, 0) is 106 Å². The van der Waals surface area contributed by atoms with Crippen molar-refractivity contribution in [3.05, 3.63) is 0 Å². The molecule has 0 radical (unpaired) electrons. The van der Waals surface area contributed by atoms with Crippen LogP contribution in [0.3, 0.4) is 0 Å². The molecule has 4 bridgehead atoms. The molecule has 1 N–H and O–H groups in total. The lowest BCUT2D eigenvalue weighted by Gasteiger charge is -2.59. The van der Waals surface area contributed by atoms with Crippen LogP contribution in [0, 0.1) is 40.4 Å². The molecule has 0 spiro atoms. The molecule has 0 aliphatic heterocycles. The molecule has 1 amide bonds. The Labute approximate surface area is 176 Å². The quantitative estimate of drug-likeness (QED) is 0.650. The van der Waals surface area contributed by atoms with Crippen LogP contribution in [-0.2, 0) is 14.3 Å². The highest BCUT2D eigenvalue weighted by Gasteiger charge is 2.53. The fourth-order valence-corrected chi connectivity index (χ4v) is 7.59. The summed E-state index contributed by atoms with van der Waals surface area (Å²) in [5.74, 6) is 2.99. The van der Waals surface area contributed by atoms with Gasteiger partial charge in [0.1, 0.15) is 0 Å². The SMILES string of the molecule is C[C@H](NC(=O)COC(=O)C1CCC(C(C)(C)C)CC1)C12CC3CC(CC(C3)C1)C2. The zero-order valence-corrected chi connectivity index (χ0v) is 19.0. The van der Waals surface area contributed by atoms with Crippen molar-refractivity contribution >= 4 is 11.9 Å². The van der Waals surface area contributed by atoms with Crippen molar-refractivity contribution in [2.45, 2.75) is 97.9 Å². The van der Waals surface area contributed by atoms with E-state index in [9.17, 15) is 9.59 Å². The molecule has 4 nitrogen and oxygen atoms in total. The van der Waals surface area contributed by atoms with E-state index in [-0.39, 0.29) is 30.4 Å². The van der Waals surface area contributed by atoms with E-state index in [1.165, 1.54) is 38.5 Å². The van der Waals surface area contributed by atoms with E-state index < -0.39 is 0 Å². The molecule has 0 unspecified atom stereocenters. The lowest BCUT2D eigenvalue weighted by atomic mass is 9.48. The molecule has 0 aromatic heterocycles. The van der Waals surface area contributed by atoms with E-state index in [1.54, 1.807) is 0 Å². The van der Waals surface area contributed by atoms with Gasteiger partial charge in [0, 0.05) is 6.04 Å². The summed E-state index contributed by atoms with van der Waals surface area (Å²) in [6.45, 7) is 8.91. The van der Waals surface area contributed by atoms with Crippen molar-refractivity contribution in [3.8, 4) is 0 Å². The number of carbonyl (C=O) groups is 2. The number of nitrogens with one attached hydrogen (secondary N) is 1. The van der Waals surface area contributed by atoms with E-state index in [0.717, 1.165) is 43.4 Å². The molecule has 29 heavy (non-hydrogen) atoms. The highest BCUT2D eigenvalue weighted by atomic mass is 16.5. The van der Waals surface area contributed by atoms with Crippen LogP contribution in [0.1, 0.15) is 91.9 Å². The second-order valence-electron chi connectivity index (χ2n) is 12.1. The molecule has 0 aromatic rings. The van der Waals surface area contributed by atoms with Crippen molar-refractivity contribution in [2.75, 3.05) is 6.61 Å². The van der Waals surface area contributed by atoms with Gasteiger partial charge < -0.3 is 10.1 Å². The Morgan fingerprint density at radius 2 is 1.48 bits per heavy atom. The highest BCUT2D eigenvalue weighted by Crippen LogP contribution is 2.61. The third-order valence-electron chi connectivity index (χ3n) is 9.01. The Balaban J connectivity index is 1.22. The van der Waals surface area contributed by atoms with Crippen molar-refractivity contribution in [3.63, 3.8) is 0 Å². The van der Waals surface area contributed by atoms with Gasteiger partial charge in [-0.15, -0.1) is 0 Å². The molecular weight excluding hydrogens is 362 g/mol. The predicted octanol–water partition coefficient (Wildman–Crippen LogP) is 5.10. The summed E-state index contributed by atoms with van der Waals surface area (Å²) in [7, 11) is 0. The van der Waals surface area contributed by atoms with Gasteiger partial charge in [-0.2, -0.15) is 0 Å².